The van der Waals surface area contributed by atoms with Crippen LogP contribution in [0.2, 0.25) is 0 Å². The molecule has 3 aromatic rings. The molecule has 1 aromatic heterocycles. The second kappa shape index (κ2) is 13.2. The minimum absolute atomic E-state index is 0.0981. The molecule has 1 atom stereocenters. The van der Waals surface area contributed by atoms with Crippen molar-refractivity contribution >= 4 is 23.4 Å². The van der Waals surface area contributed by atoms with E-state index in [9.17, 15) is 28.0 Å². The van der Waals surface area contributed by atoms with E-state index in [2.05, 4.69) is 15.1 Å². The average Bonchev–Trinajstić information content (AvgIpc) is 3.66. The lowest BCUT2D eigenvalue weighted by molar-refractivity contribution is -0.136. The number of halogens is 2. The molecule has 3 saturated heterocycles. The number of hydrogen-bond acceptors (Lipinski definition) is 8. The summed E-state index contributed by atoms with van der Waals surface area (Å²) in [5.41, 5.74) is 3.33. The van der Waals surface area contributed by atoms with Crippen molar-refractivity contribution in [2.75, 3.05) is 45.3 Å². The molecule has 4 aliphatic heterocycles. The minimum atomic E-state index is -2.89. The van der Waals surface area contributed by atoms with Crippen molar-refractivity contribution in [3.05, 3.63) is 75.2 Å². The van der Waals surface area contributed by atoms with Gasteiger partial charge in [0.25, 0.3) is 17.9 Å². The van der Waals surface area contributed by atoms with Crippen LogP contribution in [0.3, 0.4) is 0 Å². The Hall–Kier alpha value is -4.78. The summed E-state index contributed by atoms with van der Waals surface area (Å²) in [5, 5.41) is 2.35. The van der Waals surface area contributed by atoms with Gasteiger partial charge < -0.3 is 23.8 Å². The van der Waals surface area contributed by atoms with Crippen LogP contribution < -0.4 is 25.2 Å². The van der Waals surface area contributed by atoms with Crippen LogP contribution in [0, 0.1) is 5.41 Å². The number of alkyl halides is 2. The summed E-state index contributed by atoms with van der Waals surface area (Å²) >= 11 is 0. The molecule has 0 radical (unpaired) electrons. The maximum absolute atomic E-state index is 13.8. The number of aromatic nitrogens is 1. The van der Waals surface area contributed by atoms with E-state index in [1.807, 2.05) is 37.3 Å². The molecule has 2 aromatic carbocycles. The molecule has 50 heavy (non-hydrogen) atoms. The van der Waals surface area contributed by atoms with Gasteiger partial charge >= 0.3 is 0 Å². The van der Waals surface area contributed by atoms with Crippen molar-refractivity contribution in [3.8, 4) is 22.6 Å². The van der Waals surface area contributed by atoms with Gasteiger partial charge in [-0.15, -0.1) is 0 Å². The topological polar surface area (TPSA) is 113 Å². The fourth-order valence-corrected chi connectivity index (χ4v) is 8.02. The number of fused-ring (bicyclic) bond motifs is 1. The predicted octanol–water partition coefficient (Wildman–Crippen LogP) is 4.35. The molecule has 1 N–H and O–H groups in total. The Kier molecular flexibility index (Phi) is 8.87. The van der Waals surface area contributed by atoms with Crippen LogP contribution in [-0.4, -0.2) is 78.5 Å². The highest BCUT2D eigenvalue weighted by Gasteiger charge is 2.48. The van der Waals surface area contributed by atoms with Gasteiger partial charge in [-0.25, -0.2) is 8.78 Å². The Morgan fingerprint density at radius 2 is 1.72 bits per heavy atom. The number of benzene rings is 2. The normalized spacial score (nSPS) is 20.0. The van der Waals surface area contributed by atoms with E-state index >= 15 is 0 Å². The van der Waals surface area contributed by atoms with Crippen LogP contribution in [0.15, 0.2) is 47.4 Å². The Morgan fingerprint density at radius 1 is 0.980 bits per heavy atom. The highest BCUT2D eigenvalue weighted by molar-refractivity contribution is 6.05. The Bertz CT molecular complexity index is 1900. The maximum atomic E-state index is 13.8. The van der Waals surface area contributed by atoms with Crippen LogP contribution in [0.4, 0.5) is 14.5 Å². The zero-order valence-corrected chi connectivity index (χ0v) is 28.5. The summed E-state index contributed by atoms with van der Waals surface area (Å²) in [6.45, 7) is 6.60. The molecule has 0 bridgehead atoms. The maximum Gasteiger partial charge on any atom is 0.269 e. The number of nitrogens with zero attached hydrogens (tertiary/aromatic N) is 4. The third kappa shape index (κ3) is 6.01. The molecule has 11 nitrogen and oxygen atoms in total. The second-order valence-electron chi connectivity index (χ2n) is 13.9. The molecule has 0 aliphatic carbocycles. The number of carbonyl (C=O) groups is 3. The number of likely N-dealkylation sites (tertiary alicyclic amines) is 1. The molecule has 0 saturated carbocycles. The molecule has 5 heterocycles. The van der Waals surface area contributed by atoms with Crippen molar-refractivity contribution in [2.45, 2.75) is 64.7 Å². The molecular formula is C37H41F2N5O6. The second-order valence-corrected chi connectivity index (χ2v) is 13.9. The number of carbonyl (C=O) groups excluding carboxylic acids is 3. The smallest absolute Gasteiger partial charge is 0.269 e. The Balaban J connectivity index is 1.03. The summed E-state index contributed by atoms with van der Waals surface area (Å²) in [6.07, 6.45) is 0.922. The highest BCUT2D eigenvalue weighted by atomic mass is 19.3. The molecule has 4 aliphatic rings. The number of anilines is 1. The van der Waals surface area contributed by atoms with E-state index in [4.69, 9.17) is 9.47 Å². The number of imide groups is 1. The monoisotopic (exact) mass is 689 g/mol. The summed E-state index contributed by atoms with van der Waals surface area (Å²) in [5.74, 6) is 0.267. The minimum Gasteiger partial charge on any atom is -0.496 e. The van der Waals surface area contributed by atoms with Gasteiger partial charge in [-0.1, -0.05) is 13.0 Å². The van der Waals surface area contributed by atoms with Gasteiger partial charge in [0.05, 0.1) is 25.3 Å². The number of methoxy groups -OCH3 is 2. The number of nitrogens with one attached hydrogen (secondary N) is 1. The van der Waals surface area contributed by atoms with Crippen LogP contribution in [0.1, 0.15) is 66.1 Å². The molecule has 3 amide bonds. The first kappa shape index (κ1) is 33.7. The van der Waals surface area contributed by atoms with E-state index in [0.717, 1.165) is 49.4 Å². The summed E-state index contributed by atoms with van der Waals surface area (Å²) < 4.78 is 40.6. The summed E-state index contributed by atoms with van der Waals surface area (Å²) in [4.78, 5) is 56.2. The number of rotatable bonds is 10. The summed E-state index contributed by atoms with van der Waals surface area (Å²) in [7, 11) is 3.15. The largest absolute Gasteiger partial charge is 0.496 e. The number of aryl methyl sites for hydroxylation is 1. The molecular weight excluding hydrogens is 648 g/mol. The molecule has 264 valence electrons. The van der Waals surface area contributed by atoms with E-state index in [-0.39, 0.29) is 23.7 Å². The molecule has 1 unspecified atom stereocenters. The first-order valence-electron chi connectivity index (χ1n) is 17.1. The van der Waals surface area contributed by atoms with E-state index < -0.39 is 29.5 Å². The van der Waals surface area contributed by atoms with E-state index in [1.165, 1.54) is 10.6 Å². The van der Waals surface area contributed by atoms with Gasteiger partial charge in [0.1, 0.15) is 17.5 Å². The Morgan fingerprint density at radius 3 is 2.38 bits per heavy atom. The van der Waals surface area contributed by atoms with Crippen molar-refractivity contribution < 1.29 is 32.6 Å². The lowest BCUT2D eigenvalue weighted by Crippen LogP contribution is -2.57. The van der Waals surface area contributed by atoms with Gasteiger partial charge in [-0.3, -0.25) is 29.4 Å². The van der Waals surface area contributed by atoms with Gasteiger partial charge in [0, 0.05) is 68.6 Å². The van der Waals surface area contributed by atoms with Gasteiger partial charge in [0.15, 0.2) is 0 Å². The third-order valence-electron chi connectivity index (χ3n) is 10.6. The fourth-order valence-electron chi connectivity index (χ4n) is 8.02. The van der Waals surface area contributed by atoms with Gasteiger partial charge in [-0.2, -0.15) is 0 Å². The standard InChI is InChI=1S/C37H41F2N5O6/c1-4-10-42-16-24(12-27(33(38)39)35(42)47)23-13-30(49-2)28(31(14-23)50-3)18-41-11-9-37(19-41)20-43(21-37)25-6-5-22-17-44(36(48)26(22)15-25)29-7-8-32(45)40-34(29)46/h5-6,12-16,29,33H,4,7-11,17-21H2,1-3H3,(H,40,45,46). The predicted molar refractivity (Wildman–Crippen MR) is 182 cm³/mol. The lowest BCUT2D eigenvalue weighted by Gasteiger charge is -2.49. The van der Waals surface area contributed by atoms with Gasteiger partial charge in [-0.05, 0) is 72.8 Å². The zero-order chi connectivity index (χ0) is 35.3. The average molecular weight is 690 g/mol. The summed E-state index contributed by atoms with van der Waals surface area (Å²) in [6, 6.07) is 10.2. The molecule has 1 spiro atoms. The van der Waals surface area contributed by atoms with E-state index in [0.29, 0.717) is 60.7 Å². The number of piperidine rings is 1. The third-order valence-corrected chi connectivity index (χ3v) is 10.6. The molecule has 13 heteroatoms. The lowest BCUT2D eigenvalue weighted by atomic mass is 9.78. The number of ether oxygens (including phenoxy) is 2. The van der Waals surface area contributed by atoms with Crippen LogP contribution >= 0.6 is 0 Å². The van der Waals surface area contributed by atoms with Crippen molar-refractivity contribution in [3.63, 3.8) is 0 Å². The highest BCUT2D eigenvalue weighted by Crippen LogP contribution is 2.45. The molecule has 3 fully saturated rings. The number of hydrogen-bond donors (Lipinski definition) is 1. The number of pyridine rings is 1. The van der Waals surface area contributed by atoms with Crippen molar-refractivity contribution in [1.29, 1.82) is 0 Å². The quantitative estimate of drug-likeness (QED) is 0.313. The first-order chi connectivity index (χ1) is 24.0. The van der Waals surface area contributed by atoms with Crippen LogP contribution in [0.5, 0.6) is 11.5 Å². The van der Waals surface area contributed by atoms with E-state index in [1.54, 1.807) is 25.3 Å². The SMILES string of the molecule is CCCn1cc(-c2cc(OC)c(CN3CCC4(C3)CN(c3ccc5c(c3)C(=O)N(C3CCC(=O)NC3=O)C5)C4)c(OC)c2)cc(C(F)F)c1=O. The fraction of sp³-hybridized carbons (Fsp3) is 0.459. The van der Waals surface area contributed by atoms with Crippen molar-refractivity contribution in [2.24, 2.45) is 5.41 Å². The number of amides is 3. The zero-order valence-electron chi connectivity index (χ0n) is 28.5. The molecule has 7 rings (SSSR count). The van der Waals surface area contributed by atoms with Crippen LogP contribution in [0.25, 0.3) is 11.1 Å². The Labute approximate surface area is 288 Å². The first-order valence-corrected chi connectivity index (χ1v) is 17.1. The van der Waals surface area contributed by atoms with Crippen molar-refractivity contribution in [1.82, 2.24) is 19.7 Å². The van der Waals surface area contributed by atoms with Crippen LogP contribution in [-0.2, 0) is 29.2 Å². The van der Waals surface area contributed by atoms with Gasteiger partial charge in [0.2, 0.25) is 11.8 Å².